The number of nitrogens with one attached hydrogen (secondary N) is 1. The quantitative estimate of drug-likeness (QED) is 0.744. The Bertz CT molecular complexity index is 474. The fraction of sp³-hybridized carbons (Fsp3) is 0.538. The molecule has 1 N–H and O–H groups in total. The molecule has 0 bridgehead atoms. The molecule has 0 unspecified atom stereocenters. The molecule has 0 aromatic heterocycles. The molecular weight excluding hydrogens is 284 g/mol. The second kappa shape index (κ2) is 7.85. The summed E-state index contributed by atoms with van der Waals surface area (Å²) >= 11 is 5.64. The van der Waals surface area contributed by atoms with E-state index >= 15 is 0 Å². The Morgan fingerprint density at radius 2 is 1.89 bits per heavy atom. The summed E-state index contributed by atoms with van der Waals surface area (Å²) in [7, 11) is -1.45. The van der Waals surface area contributed by atoms with Crippen LogP contribution >= 0.6 is 11.6 Å². The highest BCUT2D eigenvalue weighted by molar-refractivity contribution is 7.89. The number of hydrogen-bond donors (Lipinski definition) is 1. The van der Waals surface area contributed by atoms with E-state index in [2.05, 4.69) is 4.72 Å². The summed E-state index contributed by atoms with van der Waals surface area (Å²) in [4.78, 5) is 2.34. The third kappa shape index (κ3) is 5.48. The van der Waals surface area contributed by atoms with Crippen LogP contribution in [0.1, 0.15) is 12.5 Å². The molecule has 1 aromatic carbocycles. The van der Waals surface area contributed by atoms with Crippen LogP contribution in [-0.2, 0) is 16.4 Å². The molecule has 0 aliphatic heterocycles. The molecule has 0 fully saturated rings. The average molecular weight is 305 g/mol. The Morgan fingerprint density at radius 1 is 1.26 bits per heavy atom. The van der Waals surface area contributed by atoms with E-state index in [0.29, 0.717) is 23.9 Å². The maximum Gasteiger partial charge on any atom is 0.240 e. The molecule has 0 aliphatic rings. The van der Waals surface area contributed by atoms with Gasteiger partial charge in [0, 0.05) is 19.0 Å². The molecule has 4 nitrogen and oxygen atoms in total. The number of sulfonamides is 1. The van der Waals surface area contributed by atoms with E-state index in [0.717, 1.165) is 18.5 Å². The number of alkyl halides is 1. The smallest absolute Gasteiger partial charge is 0.240 e. The zero-order chi connectivity index (χ0) is 14.3. The van der Waals surface area contributed by atoms with Crippen LogP contribution in [0, 0.1) is 0 Å². The van der Waals surface area contributed by atoms with Gasteiger partial charge < -0.3 is 4.90 Å². The fourth-order valence-corrected chi connectivity index (χ4v) is 2.80. The maximum atomic E-state index is 12.0. The predicted molar refractivity (Wildman–Crippen MR) is 79.2 cm³/mol. The average Bonchev–Trinajstić information content (AvgIpc) is 2.39. The van der Waals surface area contributed by atoms with E-state index < -0.39 is 10.0 Å². The van der Waals surface area contributed by atoms with Crippen LogP contribution in [0.25, 0.3) is 0 Å². The summed E-state index contributed by atoms with van der Waals surface area (Å²) in [6, 6.07) is 6.84. The molecular formula is C13H21ClN2O2S. The SMILES string of the molecule is CCN(C)CCNS(=O)(=O)c1ccc(CCCl)cc1. The lowest BCUT2D eigenvalue weighted by Gasteiger charge is -2.14. The molecule has 0 amide bonds. The second-order valence-corrected chi connectivity index (χ2v) is 6.52. The van der Waals surface area contributed by atoms with Crippen LogP contribution in [0.2, 0.25) is 0 Å². The van der Waals surface area contributed by atoms with Crippen molar-refractivity contribution in [2.75, 3.05) is 32.6 Å². The van der Waals surface area contributed by atoms with Crippen LogP contribution < -0.4 is 4.72 Å². The third-order valence-electron chi connectivity index (χ3n) is 2.94. The zero-order valence-corrected chi connectivity index (χ0v) is 13.0. The third-order valence-corrected chi connectivity index (χ3v) is 4.61. The van der Waals surface area contributed by atoms with Crippen molar-refractivity contribution in [1.29, 1.82) is 0 Å². The lowest BCUT2D eigenvalue weighted by atomic mass is 10.2. The van der Waals surface area contributed by atoms with Gasteiger partial charge in [-0.1, -0.05) is 19.1 Å². The number of rotatable bonds is 8. The first kappa shape index (κ1) is 16.4. The Balaban J connectivity index is 2.61. The maximum absolute atomic E-state index is 12.0. The molecule has 0 radical (unpaired) electrons. The minimum Gasteiger partial charge on any atom is -0.305 e. The predicted octanol–water partition coefficient (Wildman–Crippen LogP) is 1.70. The topological polar surface area (TPSA) is 49.4 Å². The minimum atomic E-state index is -3.41. The second-order valence-electron chi connectivity index (χ2n) is 4.38. The molecule has 1 aromatic rings. The molecule has 0 aliphatic carbocycles. The monoisotopic (exact) mass is 304 g/mol. The van der Waals surface area contributed by atoms with Crippen LogP contribution in [-0.4, -0.2) is 45.9 Å². The van der Waals surface area contributed by atoms with Crippen LogP contribution in [0.3, 0.4) is 0 Å². The van der Waals surface area contributed by atoms with Gasteiger partial charge in [-0.15, -0.1) is 11.6 Å². The van der Waals surface area contributed by atoms with Gasteiger partial charge in [-0.2, -0.15) is 0 Å². The first-order valence-electron chi connectivity index (χ1n) is 6.32. The van der Waals surface area contributed by atoms with E-state index in [-0.39, 0.29) is 0 Å². The van der Waals surface area contributed by atoms with Crippen molar-refractivity contribution in [2.45, 2.75) is 18.2 Å². The Kier molecular flexibility index (Phi) is 6.79. The molecule has 0 heterocycles. The van der Waals surface area contributed by atoms with Crippen molar-refractivity contribution in [3.05, 3.63) is 29.8 Å². The van der Waals surface area contributed by atoms with Crippen LogP contribution in [0.4, 0.5) is 0 Å². The van der Waals surface area contributed by atoms with E-state index in [1.807, 2.05) is 18.9 Å². The Labute approximate surface area is 120 Å². The van der Waals surface area contributed by atoms with Crippen molar-refractivity contribution in [1.82, 2.24) is 9.62 Å². The van der Waals surface area contributed by atoms with Crippen molar-refractivity contribution in [3.8, 4) is 0 Å². The van der Waals surface area contributed by atoms with Gasteiger partial charge in [0.05, 0.1) is 4.90 Å². The van der Waals surface area contributed by atoms with Crippen molar-refractivity contribution < 1.29 is 8.42 Å². The van der Waals surface area contributed by atoms with E-state index in [4.69, 9.17) is 11.6 Å². The first-order chi connectivity index (χ1) is 8.99. The van der Waals surface area contributed by atoms with Crippen LogP contribution in [0.5, 0.6) is 0 Å². The number of halogens is 1. The summed E-state index contributed by atoms with van der Waals surface area (Å²) in [5, 5.41) is 0. The Morgan fingerprint density at radius 3 is 2.42 bits per heavy atom. The van der Waals surface area contributed by atoms with E-state index in [1.165, 1.54) is 0 Å². The largest absolute Gasteiger partial charge is 0.305 e. The first-order valence-corrected chi connectivity index (χ1v) is 8.34. The highest BCUT2D eigenvalue weighted by Gasteiger charge is 2.13. The molecule has 1 rings (SSSR count). The molecule has 0 atom stereocenters. The summed E-state index contributed by atoms with van der Waals surface area (Å²) in [5.74, 6) is 0.535. The summed E-state index contributed by atoms with van der Waals surface area (Å²) < 4.78 is 26.6. The lowest BCUT2D eigenvalue weighted by molar-refractivity contribution is 0.358. The van der Waals surface area contributed by atoms with E-state index in [9.17, 15) is 8.42 Å². The molecule has 0 saturated carbocycles. The Hall–Kier alpha value is -0.620. The van der Waals surface area contributed by atoms with Gasteiger partial charge in [-0.05, 0) is 37.7 Å². The van der Waals surface area contributed by atoms with Crippen molar-refractivity contribution >= 4 is 21.6 Å². The van der Waals surface area contributed by atoms with Gasteiger partial charge >= 0.3 is 0 Å². The number of nitrogens with zero attached hydrogens (tertiary/aromatic N) is 1. The van der Waals surface area contributed by atoms with Crippen molar-refractivity contribution in [2.24, 2.45) is 0 Å². The molecule has 0 spiro atoms. The minimum absolute atomic E-state index is 0.296. The molecule has 6 heteroatoms. The molecule has 19 heavy (non-hydrogen) atoms. The van der Waals surface area contributed by atoms with E-state index in [1.54, 1.807) is 24.3 Å². The summed E-state index contributed by atoms with van der Waals surface area (Å²) in [6.45, 7) is 4.04. The number of likely N-dealkylation sites (N-methyl/N-ethyl adjacent to an activating group) is 1. The zero-order valence-electron chi connectivity index (χ0n) is 11.4. The number of aryl methyl sites for hydroxylation is 1. The molecule has 0 saturated heterocycles. The number of hydrogen-bond acceptors (Lipinski definition) is 3. The fourth-order valence-electron chi connectivity index (χ4n) is 1.56. The van der Waals surface area contributed by atoms with Crippen molar-refractivity contribution in [3.63, 3.8) is 0 Å². The van der Waals surface area contributed by atoms with Gasteiger partial charge in [0.15, 0.2) is 0 Å². The van der Waals surface area contributed by atoms with Gasteiger partial charge in [0.2, 0.25) is 10.0 Å². The number of benzene rings is 1. The summed E-state index contributed by atoms with van der Waals surface area (Å²) in [5.41, 5.74) is 1.04. The summed E-state index contributed by atoms with van der Waals surface area (Å²) in [6.07, 6.45) is 0.747. The highest BCUT2D eigenvalue weighted by atomic mass is 35.5. The van der Waals surface area contributed by atoms with Gasteiger partial charge in [-0.25, -0.2) is 13.1 Å². The highest BCUT2D eigenvalue weighted by Crippen LogP contribution is 2.11. The standard InChI is InChI=1S/C13H21ClN2O2S/c1-3-16(2)11-10-15-19(17,18)13-6-4-12(5-7-13)8-9-14/h4-7,15H,3,8-11H2,1-2H3. The van der Waals surface area contributed by atoms with Crippen LogP contribution in [0.15, 0.2) is 29.2 Å². The lowest BCUT2D eigenvalue weighted by Crippen LogP contribution is -2.32. The van der Waals surface area contributed by atoms with Gasteiger partial charge in [0.1, 0.15) is 0 Å². The molecule has 108 valence electrons. The normalized spacial score (nSPS) is 12.0. The van der Waals surface area contributed by atoms with Gasteiger partial charge in [0.25, 0.3) is 0 Å². The van der Waals surface area contributed by atoms with Gasteiger partial charge in [-0.3, -0.25) is 0 Å².